The number of aryl methyl sites for hydroxylation is 1. The van der Waals surface area contributed by atoms with Crippen molar-refractivity contribution < 1.29 is 99.0 Å². The van der Waals surface area contributed by atoms with Crippen molar-refractivity contribution in [1.29, 1.82) is 0 Å². The van der Waals surface area contributed by atoms with Gasteiger partial charge in [-0.15, -0.1) is 0 Å². The van der Waals surface area contributed by atoms with Crippen LogP contribution in [0.4, 0.5) is 27.3 Å². The average Bonchev–Trinajstić information content (AvgIpc) is 2.92. The molecule has 0 saturated carbocycles. The molecule has 222 valence electrons. The summed E-state index contributed by atoms with van der Waals surface area (Å²) in [6, 6.07) is 8.73. The molecule has 0 saturated heterocycles. The van der Waals surface area contributed by atoms with Crippen LogP contribution in [0.2, 0.25) is 5.02 Å². The van der Waals surface area contributed by atoms with Crippen LogP contribution < -0.4 is 75.5 Å². The SMILES string of the molecule is Cc1cc(CNc2ncnc(F)c2Cl)c(Nc2cc(S(=O)(=O)[O-])c(N)c3c2C(=O)c2ccccc2C3=O)c(S(=O)(=O)[O-])c1.[Na+].[Na+]. The third kappa shape index (κ3) is 7.11. The predicted octanol–water partition coefficient (Wildman–Crippen LogP) is -2.89. The molecule has 19 heteroatoms. The van der Waals surface area contributed by atoms with E-state index in [4.69, 9.17) is 17.3 Å². The first-order valence-corrected chi connectivity index (χ1v) is 15.2. The number of nitrogen functional groups attached to an aromatic ring is 1. The van der Waals surface area contributed by atoms with Crippen molar-refractivity contribution in [3.8, 4) is 0 Å². The molecule has 0 amide bonds. The fourth-order valence-corrected chi connectivity index (χ4v) is 6.25. The molecule has 1 heterocycles. The summed E-state index contributed by atoms with van der Waals surface area (Å²) in [6.07, 6.45) is 0.874. The zero-order chi connectivity index (χ0) is 31.4. The van der Waals surface area contributed by atoms with Crippen LogP contribution in [0.1, 0.15) is 43.0 Å². The van der Waals surface area contributed by atoms with E-state index in [-0.39, 0.29) is 88.2 Å². The van der Waals surface area contributed by atoms with E-state index in [1.807, 2.05) is 0 Å². The number of nitrogens with zero attached hydrogens (tertiary/aromatic N) is 2. The minimum Gasteiger partial charge on any atom is -0.744 e. The van der Waals surface area contributed by atoms with E-state index in [1.54, 1.807) is 0 Å². The second kappa shape index (κ2) is 13.7. The van der Waals surface area contributed by atoms with E-state index in [1.165, 1.54) is 37.3 Å². The van der Waals surface area contributed by atoms with Gasteiger partial charge in [0.1, 0.15) is 31.6 Å². The van der Waals surface area contributed by atoms with E-state index >= 15 is 0 Å². The summed E-state index contributed by atoms with van der Waals surface area (Å²) in [5.41, 5.74) is 3.35. The molecule has 0 fully saturated rings. The van der Waals surface area contributed by atoms with Gasteiger partial charge in [0.2, 0.25) is 5.95 Å². The molecule has 3 aromatic carbocycles. The van der Waals surface area contributed by atoms with Crippen LogP contribution in [-0.2, 0) is 26.8 Å². The van der Waals surface area contributed by atoms with Crippen LogP contribution >= 0.6 is 11.6 Å². The van der Waals surface area contributed by atoms with E-state index < -0.39 is 80.8 Å². The van der Waals surface area contributed by atoms with Crippen molar-refractivity contribution >= 4 is 66.3 Å². The summed E-state index contributed by atoms with van der Waals surface area (Å²) >= 11 is 5.90. The van der Waals surface area contributed by atoms with Crippen molar-refractivity contribution in [1.82, 2.24) is 9.97 Å². The maximum Gasteiger partial charge on any atom is 1.00 e. The summed E-state index contributed by atoms with van der Waals surface area (Å²) in [6.45, 7) is 1.13. The number of nitrogens with one attached hydrogen (secondary N) is 2. The van der Waals surface area contributed by atoms with Gasteiger partial charge >= 0.3 is 59.1 Å². The Kier molecular flexibility index (Phi) is 11.3. The fraction of sp³-hybridized carbons (Fsp3) is 0.0769. The average molecular weight is 692 g/mol. The van der Waals surface area contributed by atoms with Gasteiger partial charge in [0, 0.05) is 17.7 Å². The predicted molar refractivity (Wildman–Crippen MR) is 149 cm³/mol. The summed E-state index contributed by atoms with van der Waals surface area (Å²) in [5.74, 6) is -2.89. The van der Waals surface area contributed by atoms with Gasteiger partial charge in [-0.2, -0.15) is 4.39 Å². The Hall–Kier alpha value is -2.48. The Morgan fingerprint density at radius 1 is 0.911 bits per heavy atom. The maximum absolute atomic E-state index is 13.9. The molecule has 0 radical (unpaired) electrons. The Bertz CT molecular complexity index is 2120. The van der Waals surface area contributed by atoms with Crippen molar-refractivity contribution in [2.24, 2.45) is 0 Å². The van der Waals surface area contributed by atoms with E-state index in [0.717, 1.165) is 12.4 Å². The van der Waals surface area contributed by atoms with Crippen LogP contribution in [0.3, 0.4) is 0 Å². The Morgan fingerprint density at radius 3 is 2.07 bits per heavy atom. The van der Waals surface area contributed by atoms with Crippen LogP contribution in [0.25, 0.3) is 0 Å². The minimum atomic E-state index is -5.35. The van der Waals surface area contributed by atoms with Gasteiger partial charge in [0.15, 0.2) is 17.4 Å². The zero-order valence-corrected chi connectivity index (χ0v) is 30.0. The summed E-state index contributed by atoms with van der Waals surface area (Å²) in [5, 5.41) is 4.80. The zero-order valence-electron chi connectivity index (χ0n) is 23.6. The number of hydrogen-bond acceptors (Lipinski definition) is 13. The summed E-state index contributed by atoms with van der Waals surface area (Å²) < 4.78 is 87.5. The van der Waals surface area contributed by atoms with Gasteiger partial charge in [-0.3, -0.25) is 9.59 Å². The number of carbonyl (C=O) groups excluding carboxylic acids is 2. The van der Waals surface area contributed by atoms with Crippen molar-refractivity contribution in [2.75, 3.05) is 16.4 Å². The van der Waals surface area contributed by atoms with Crippen molar-refractivity contribution in [3.05, 3.63) is 93.1 Å². The normalized spacial score (nSPS) is 12.4. The van der Waals surface area contributed by atoms with Crippen LogP contribution in [0.5, 0.6) is 0 Å². The fourth-order valence-electron chi connectivity index (χ4n) is 4.69. The number of ketones is 2. The minimum absolute atomic E-state index is 0. The number of carbonyl (C=O) groups is 2. The third-order valence-electron chi connectivity index (χ3n) is 6.52. The van der Waals surface area contributed by atoms with Crippen LogP contribution in [-0.4, -0.2) is 47.5 Å². The second-order valence-corrected chi connectivity index (χ2v) is 12.4. The molecule has 1 aromatic heterocycles. The molecule has 4 N–H and O–H groups in total. The number of halogens is 2. The first kappa shape index (κ1) is 37.0. The van der Waals surface area contributed by atoms with Gasteiger partial charge in [-0.05, 0) is 30.2 Å². The quantitative estimate of drug-likeness (QED) is 0.0675. The molecule has 5 rings (SSSR count). The van der Waals surface area contributed by atoms with Crippen molar-refractivity contribution in [2.45, 2.75) is 23.3 Å². The largest absolute Gasteiger partial charge is 1.00 e. The van der Waals surface area contributed by atoms with Gasteiger partial charge in [0.05, 0.1) is 38.0 Å². The van der Waals surface area contributed by atoms with E-state index in [9.17, 15) is 39.9 Å². The molecule has 0 spiro atoms. The van der Waals surface area contributed by atoms with Gasteiger partial charge in [0.25, 0.3) is 0 Å². The molecule has 45 heavy (non-hydrogen) atoms. The van der Waals surface area contributed by atoms with Crippen LogP contribution in [0, 0.1) is 12.9 Å². The topological polar surface area (TPSA) is 224 Å². The second-order valence-electron chi connectivity index (χ2n) is 9.30. The number of rotatable bonds is 7. The number of anilines is 4. The molecule has 0 atom stereocenters. The van der Waals surface area contributed by atoms with Gasteiger partial charge in [-0.1, -0.05) is 41.9 Å². The standard InChI is InChI=1S/C26H19ClFN5O8S2.2Na/c1-11-6-12(9-30-26-20(27)25(28)31-10-32-26)22(17(7-11)43(39,40)41)33-15-8-16(42(36,37)38)21(29)19-18(15)23(34)13-4-2-3-5-14(13)24(19)35;;/h2-8,10,33H,9,29H2,1H3,(H,30,31,32)(H,36,37,38)(H,39,40,41);;/q;2*+1/p-2. The Labute approximate surface area is 305 Å². The third-order valence-corrected chi connectivity index (χ3v) is 8.59. The molecule has 0 aliphatic heterocycles. The number of aromatic nitrogens is 2. The number of fused-ring (bicyclic) bond motifs is 2. The van der Waals surface area contributed by atoms with Crippen LogP contribution in [0.15, 0.2) is 58.6 Å². The molecule has 0 unspecified atom stereocenters. The molecule has 1 aliphatic rings. The Morgan fingerprint density at radius 2 is 1.49 bits per heavy atom. The number of hydrogen-bond donors (Lipinski definition) is 3. The summed E-state index contributed by atoms with van der Waals surface area (Å²) in [4.78, 5) is 32.3. The monoisotopic (exact) mass is 691 g/mol. The smallest absolute Gasteiger partial charge is 0.744 e. The van der Waals surface area contributed by atoms with Gasteiger partial charge in [-0.25, -0.2) is 26.8 Å². The molecular formula is C26H17ClFN5Na2O8S2. The maximum atomic E-state index is 13.9. The van der Waals surface area contributed by atoms with Gasteiger partial charge < -0.3 is 25.5 Å². The molecule has 13 nitrogen and oxygen atoms in total. The Balaban J connectivity index is 0.00000276. The summed E-state index contributed by atoms with van der Waals surface area (Å²) in [7, 11) is -10.6. The van der Waals surface area contributed by atoms with Crippen molar-refractivity contribution in [3.63, 3.8) is 0 Å². The first-order chi connectivity index (χ1) is 20.1. The molecule has 0 bridgehead atoms. The molecule has 4 aromatic rings. The van der Waals surface area contributed by atoms with E-state index in [0.29, 0.717) is 11.6 Å². The molecule has 1 aliphatic carbocycles. The number of nitrogens with two attached hydrogens (primary N) is 1. The number of benzene rings is 3. The first-order valence-electron chi connectivity index (χ1n) is 12.0. The molecular weight excluding hydrogens is 675 g/mol. The van der Waals surface area contributed by atoms with E-state index in [2.05, 4.69) is 20.6 Å².